The molecule has 2 atom stereocenters. The minimum absolute atomic E-state index is 0.361. The second-order valence-electron chi connectivity index (χ2n) is 6.17. The van der Waals surface area contributed by atoms with Gasteiger partial charge in [0.15, 0.2) is 0 Å². The highest BCUT2D eigenvalue weighted by Gasteiger charge is 2.23. The van der Waals surface area contributed by atoms with Gasteiger partial charge in [-0.05, 0) is 19.3 Å². The Bertz CT molecular complexity index is 590. The maximum Gasteiger partial charge on any atom is 0.123 e. The number of nitrogens with zero attached hydrogens (tertiary/aromatic N) is 2. The van der Waals surface area contributed by atoms with E-state index in [1.165, 1.54) is 16.8 Å². The van der Waals surface area contributed by atoms with Crippen molar-refractivity contribution >= 4 is 11.3 Å². The smallest absolute Gasteiger partial charge is 0.123 e. The number of aryl methyl sites for hydroxylation is 1. The van der Waals surface area contributed by atoms with Gasteiger partial charge in [-0.2, -0.15) is 0 Å². The van der Waals surface area contributed by atoms with Crippen LogP contribution in [0.15, 0.2) is 29.6 Å². The Hall–Kier alpha value is -1.23. The topological polar surface area (TPSA) is 42.2 Å². The lowest BCUT2D eigenvalue weighted by Crippen LogP contribution is -2.45. The molecule has 1 aliphatic rings. The van der Waals surface area contributed by atoms with Crippen LogP contribution in [0.2, 0.25) is 0 Å². The first-order valence-corrected chi connectivity index (χ1v) is 8.49. The molecule has 0 amide bonds. The van der Waals surface area contributed by atoms with Crippen LogP contribution in [0, 0.1) is 12.8 Å². The van der Waals surface area contributed by atoms with Gasteiger partial charge >= 0.3 is 0 Å². The number of piperidine rings is 1. The zero-order chi connectivity index (χ0) is 14.8. The van der Waals surface area contributed by atoms with Crippen molar-refractivity contribution in [2.24, 2.45) is 11.7 Å². The predicted molar refractivity (Wildman–Crippen MR) is 89.3 cm³/mol. The maximum atomic E-state index is 6.09. The summed E-state index contributed by atoms with van der Waals surface area (Å²) < 4.78 is 0. The molecule has 2 unspecified atom stereocenters. The maximum absolute atomic E-state index is 6.09. The first-order chi connectivity index (χ1) is 10.1. The Morgan fingerprint density at radius 2 is 2.10 bits per heavy atom. The molecule has 0 aliphatic carbocycles. The minimum Gasteiger partial charge on any atom is -0.327 e. The number of hydrogen-bond acceptors (Lipinski definition) is 4. The molecule has 3 nitrogen and oxygen atoms in total. The Labute approximate surface area is 130 Å². The molecule has 1 aliphatic heterocycles. The quantitative estimate of drug-likeness (QED) is 0.946. The van der Waals surface area contributed by atoms with E-state index in [0.717, 1.165) is 31.1 Å². The Morgan fingerprint density at radius 1 is 1.33 bits per heavy atom. The molecule has 1 fully saturated rings. The molecule has 3 rings (SSSR count). The first kappa shape index (κ1) is 14.7. The molecule has 112 valence electrons. The van der Waals surface area contributed by atoms with Crippen molar-refractivity contribution in [3.8, 4) is 10.6 Å². The van der Waals surface area contributed by atoms with Gasteiger partial charge in [0.2, 0.25) is 0 Å². The van der Waals surface area contributed by atoms with E-state index in [4.69, 9.17) is 10.7 Å². The summed E-state index contributed by atoms with van der Waals surface area (Å²) >= 11 is 1.74. The monoisotopic (exact) mass is 301 g/mol. The van der Waals surface area contributed by atoms with Crippen molar-refractivity contribution in [2.75, 3.05) is 13.1 Å². The third-order valence-electron chi connectivity index (χ3n) is 4.29. The molecule has 2 heterocycles. The molecule has 0 bridgehead atoms. The van der Waals surface area contributed by atoms with Crippen LogP contribution in [0.25, 0.3) is 10.6 Å². The van der Waals surface area contributed by atoms with Crippen LogP contribution in [0.1, 0.15) is 24.6 Å². The highest BCUT2D eigenvalue weighted by Crippen LogP contribution is 2.25. The number of hydrogen-bond donors (Lipinski definition) is 1. The molecule has 2 N–H and O–H groups in total. The standard InChI is InChI=1S/C17H23N3S/c1-12-3-5-14(6-4-12)17-19-15(11-21-17)10-20-8-7-16(18)13(2)9-20/h3-6,11,13,16H,7-10,18H2,1-2H3. The van der Waals surface area contributed by atoms with Crippen LogP contribution < -0.4 is 5.73 Å². The highest BCUT2D eigenvalue weighted by molar-refractivity contribution is 7.13. The van der Waals surface area contributed by atoms with Gasteiger partial charge in [-0.3, -0.25) is 4.90 Å². The highest BCUT2D eigenvalue weighted by atomic mass is 32.1. The van der Waals surface area contributed by atoms with Crippen LogP contribution in [0.5, 0.6) is 0 Å². The lowest BCUT2D eigenvalue weighted by atomic mass is 9.95. The molecule has 0 saturated carbocycles. The lowest BCUT2D eigenvalue weighted by molar-refractivity contribution is 0.156. The number of thiazole rings is 1. The predicted octanol–water partition coefficient (Wildman–Crippen LogP) is 3.29. The molecule has 1 aromatic carbocycles. The van der Waals surface area contributed by atoms with Gasteiger partial charge in [-0.1, -0.05) is 36.8 Å². The number of nitrogens with two attached hydrogens (primary N) is 1. The molecule has 21 heavy (non-hydrogen) atoms. The Balaban J connectivity index is 1.66. The summed E-state index contributed by atoms with van der Waals surface area (Å²) in [5.41, 5.74) is 9.76. The zero-order valence-electron chi connectivity index (χ0n) is 12.7. The molecule has 0 radical (unpaired) electrons. The Kier molecular flexibility index (Phi) is 4.38. The van der Waals surface area contributed by atoms with Crippen molar-refractivity contribution in [1.29, 1.82) is 0 Å². The van der Waals surface area contributed by atoms with Crippen LogP contribution >= 0.6 is 11.3 Å². The van der Waals surface area contributed by atoms with Crippen molar-refractivity contribution in [3.63, 3.8) is 0 Å². The molecule has 1 saturated heterocycles. The van der Waals surface area contributed by atoms with Crippen molar-refractivity contribution in [3.05, 3.63) is 40.9 Å². The summed E-state index contributed by atoms with van der Waals surface area (Å²) in [6, 6.07) is 8.95. The van der Waals surface area contributed by atoms with Crippen LogP contribution in [-0.2, 0) is 6.54 Å². The third kappa shape index (κ3) is 3.51. The van der Waals surface area contributed by atoms with Crippen molar-refractivity contribution in [1.82, 2.24) is 9.88 Å². The van der Waals surface area contributed by atoms with Crippen LogP contribution in [0.4, 0.5) is 0 Å². The van der Waals surface area contributed by atoms with Crippen molar-refractivity contribution < 1.29 is 0 Å². The minimum atomic E-state index is 0.361. The second-order valence-corrected chi connectivity index (χ2v) is 7.03. The fourth-order valence-corrected chi connectivity index (χ4v) is 3.65. The number of likely N-dealkylation sites (tertiary alicyclic amines) is 1. The summed E-state index contributed by atoms with van der Waals surface area (Å²) in [5.74, 6) is 0.578. The fourth-order valence-electron chi connectivity index (χ4n) is 2.83. The van der Waals surface area contributed by atoms with E-state index >= 15 is 0 Å². The summed E-state index contributed by atoms with van der Waals surface area (Å²) in [5, 5.41) is 3.31. The van der Waals surface area contributed by atoms with E-state index in [0.29, 0.717) is 12.0 Å². The summed E-state index contributed by atoms with van der Waals surface area (Å²) in [4.78, 5) is 7.27. The fraction of sp³-hybridized carbons (Fsp3) is 0.471. The van der Waals surface area contributed by atoms with Crippen molar-refractivity contribution in [2.45, 2.75) is 32.9 Å². The molecule has 1 aromatic heterocycles. The molecular weight excluding hydrogens is 278 g/mol. The average Bonchev–Trinajstić information content (AvgIpc) is 2.92. The SMILES string of the molecule is Cc1ccc(-c2nc(CN3CCC(N)C(C)C3)cs2)cc1. The van der Waals surface area contributed by atoms with Gasteiger partial charge in [0.1, 0.15) is 5.01 Å². The van der Waals surface area contributed by atoms with Crippen LogP contribution in [-0.4, -0.2) is 29.0 Å². The molecule has 4 heteroatoms. The summed E-state index contributed by atoms with van der Waals surface area (Å²) in [7, 11) is 0. The summed E-state index contributed by atoms with van der Waals surface area (Å²) in [6.07, 6.45) is 1.09. The van der Waals surface area contributed by atoms with Gasteiger partial charge in [-0.15, -0.1) is 11.3 Å². The molecule has 0 spiro atoms. The van der Waals surface area contributed by atoms with Gasteiger partial charge in [0.25, 0.3) is 0 Å². The van der Waals surface area contributed by atoms with E-state index in [9.17, 15) is 0 Å². The largest absolute Gasteiger partial charge is 0.327 e. The van der Waals surface area contributed by atoms with Gasteiger partial charge in [0, 0.05) is 36.6 Å². The first-order valence-electron chi connectivity index (χ1n) is 7.61. The van der Waals surface area contributed by atoms with Crippen LogP contribution in [0.3, 0.4) is 0 Å². The Morgan fingerprint density at radius 3 is 2.81 bits per heavy atom. The van der Waals surface area contributed by atoms with E-state index in [1.54, 1.807) is 11.3 Å². The third-order valence-corrected chi connectivity index (χ3v) is 5.23. The number of benzene rings is 1. The summed E-state index contributed by atoms with van der Waals surface area (Å²) in [6.45, 7) is 7.47. The number of rotatable bonds is 3. The lowest BCUT2D eigenvalue weighted by Gasteiger charge is -2.34. The molecule has 2 aromatic rings. The van der Waals surface area contributed by atoms with E-state index in [2.05, 4.69) is 48.4 Å². The van der Waals surface area contributed by atoms with E-state index in [1.807, 2.05) is 0 Å². The average molecular weight is 301 g/mol. The molecular formula is C17H23N3S. The van der Waals surface area contributed by atoms with Gasteiger partial charge in [-0.25, -0.2) is 4.98 Å². The normalized spacial score (nSPS) is 23.4. The zero-order valence-corrected chi connectivity index (χ0v) is 13.6. The number of aromatic nitrogens is 1. The van der Waals surface area contributed by atoms with Gasteiger partial charge < -0.3 is 5.73 Å². The second kappa shape index (κ2) is 6.26. The van der Waals surface area contributed by atoms with Gasteiger partial charge in [0.05, 0.1) is 5.69 Å². The van der Waals surface area contributed by atoms with E-state index < -0.39 is 0 Å². The van der Waals surface area contributed by atoms with E-state index in [-0.39, 0.29) is 0 Å².